The lowest BCUT2D eigenvalue weighted by molar-refractivity contribution is -0.127. The van der Waals surface area contributed by atoms with Gasteiger partial charge in [-0.1, -0.05) is 32.6 Å². The number of fused-ring (bicyclic) bond motifs is 1. The second-order valence-electron chi connectivity index (χ2n) is 7.92. The molecule has 1 heterocycles. The summed E-state index contributed by atoms with van der Waals surface area (Å²) in [5.41, 5.74) is 1.24. The van der Waals surface area contributed by atoms with E-state index in [1.807, 2.05) is 6.07 Å². The van der Waals surface area contributed by atoms with Gasteiger partial charge in [0, 0.05) is 10.9 Å². The summed E-state index contributed by atoms with van der Waals surface area (Å²) in [5.74, 6) is -0.421. The summed E-state index contributed by atoms with van der Waals surface area (Å²) in [6.45, 7) is 3.68. The number of hydrogen-bond acceptors (Lipinski definition) is 5. The number of carbonyl (C=O) groups is 3. The molecule has 0 aromatic carbocycles. The molecule has 1 fully saturated rings. The van der Waals surface area contributed by atoms with Gasteiger partial charge in [-0.2, -0.15) is 0 Å². The number of nitrogens with one attached hydrogen (secondary N) is 2. The van der Waals surface area contributed by atoms with E-state index in [2.05, 4.69) is 17.6 Å². The summed E-state index contributed by atoms with van der Waals surface area (Å²) in [6, 6.07) is 1.51. The van der Waals surface area contributed by atoms with Gasteiger partial charge >= 0.3 is 12.0 Å². The van der Waals surface area contributed by atoms with Crippen LogP contribution in [0.4, 0.5) is 4.79 Å². The second kappa shape index (κ2) is 9.54. The molecule has 2 aliphatic rings. The predicted octanol–water partition coefficient (Wildman–Crippen LogP) is 3.97. The fraction of sp³-hybridized carbons (Fsp3) is 0.667. The summed E-state index contributed by atoms with van der Waals surface area (Å²) in [6.07, 6.45) is 8.55. The number of imide groups is 1. The fourth-order valence-electron chi connectivity index (χ4n) is 4.00. The smallest absolute Gasteiger partial charge is 0.349 e. The van der Waals surface area contributed by atoms with E-state index in [4.69, 9.17) is 4.74 Å². The molecule has 0 spiro atoms. The molecule has 1 saturated carbocycles. The van der Waals surface area contributed by atoms with Crippen molar-refractivity contribution in [3.05, 3.63) is 21.4 Å². The van der Waals surface area contributed by atoms with Crippen molar-refractivity contribution in [2.75, 3.05) is 0 Å². The van der Waals surface area contributed by atoms with Gasteiger partial charge in [-0.3, -0.25) is 10.1 Å². The van der Waals surface area contributed by atoms with Crippen LogP contribution in [0.2, 0.25) is 0 Å². The maximum atomic E-state index is 12.4. The van der Waals surface area contributed by atoms with Crippen LogP contribution in [-0.2, 0) is 22.4 Å². The van der Waals surface area contributed by atoms with E-state index in [0.717, 1.165) is 51.4 Å². The van der Waals surface area contributed by atoms with Crippen molar-refractivity contribution < 1.29 is 19.1 Å². The van der Waals surface area contributed by atoms with Gasteiger partial charge in [-0.05, 0) is 56.6 Å². The highest BCUT2D eigenvalue weighted by atomic mass is 32.1. The zero-order chi connectivity index (χ0) is 20.1. The third-order valence-electron chi connectivity index (χ3n) is 5.79. The number of amides is 3. The van der Waals surface area contributed by atoms with Crippen molar-refractivity contribution in [2.45, 2.75) is 83.8 Å². The van der Waals surface area contributed by atoms with Crippen molar-refractivity contribution in [1.29, 1.82) is 0 Å². The highest BCUT2D eigenvalue weighted by Crippen LogP contribution is 2.33. The average Bonchev–Trinajstić information content (AvgIpc) is 3.11. The zero-order valence-electron chi connectivity index (χ0n) is 16.7. The Hall–Kier alpha value is -1.89. The van der Waals surface area contributed by atoms with Crippen LogP contribution in [0.25, 0.3) is 0 Å². The molecular formula is C21H30N2O4S. The van der Waals surface area contributed by atoms with Gasteiger partial charge in [0.2, 0.25) is 0 Å². The topological polar surface area (TPSA) is 84.5 Å². The van der Waals surface area contributed by atoms with Crippen molar-refractivity contribution in [2.24, 2.45) is 5.92 Å². The lowest BCUT2D eigenvalue weighted by atomic mass is 9.87. The first kappa shape index (κ1) is 20.8. The summed E-state index contributed by atoms with van der Waals surface area (Å²) < 4.78 is 5.30. The van der Waals surface area contributed by atoms with E-state index >= 15 is 0 Å². The third kappa shape index (κ3) is 5.34. The summed E-state index contributed by atoms with van der Waals surface area (Å²) >= 11 is 1.46. The molecule has 0 radical (unpaired) electrons. The molecule has 154 valence electrons. The molecule has 1 aromatic rings. The summed E-state index contributed by atoms with van der Waals surface area (Å²) in [7, 11) is 0. The molecule has 2 atom stereocenters. The van der Waals surface area contributed by atoms with Crippen LogP contribution >= 0.6 is 11.3 Å². The molecule has 1 aromatic heterocycles. The molecule has 0 saturated heterocycles. The predicted molar refractivity (Wildman–Crippen MR) is 109 cm³/mol. The van der Waals surface area contributed by atoms with Crippen LogP contribution in [0.15, 0.2) is 6.07 Å². The maximum absolute atomic E-state index is 12.4. The van der Waals surface area contributed by atoms with E-state index in [-0.39, 0.29) is 6.04 Å². The molecule has 0 aliphatic heterocycles. The van der Waals surface area contributed by atoms with Gasteiger partial charge in [-0.25, -0.2) is 9.59 Å². The lowest BCUT2D eigenvalue weighted by Gasteiger charge is -2.23. The maximum Gasteiger partial charge on any atom is 0.349 e. The first-order valence-corrected chi connectivity index (χ1v) is 11.2. The minimum Gasteiger partial charge on any atom is -0.448 e. The van der Waals surface area contributed by atoms with E-state index < -0.39 is 24.0 Å². The molecule has 2 aliphatic carbocycles. The first-order chi connectivity index (χ1) is 13.5. The Morgan fingerprint density at radius 3 is 2.68 bits per heavy atom. The van der Waals surface area contributed by atoms with Gasteiger partial charge < -0.3 is 10.1 Å². The van der Waals surface area contributed by atoms with Crippen molar-refractivity contribution >= 4 is 29.2 Å². The largest absolute Gasteiger partial charge is 0.448 e. The monoisotopic (exact) mass is 406 g/mol. The Balaban J connectivity index is 1.49. The Kier molecular flexibility index (Phi) is 7.10. The Labute approximate surface area is 170 Å². The van der Waals surface area contributed by atoms with Gasteiger partial charge in [0.05, 0.1) is 0 Å². The minimum absolute atomic E-state index is 0.115. The van der Waals surface area contributed by atoms with E-state index in [1.165, 1.54) is 35.1 Å². The van der Waals surface area contributed by atoms with Crippen molar-refractivity contribution in [1.82, 2.24) is 10.6 Å². The van der Waals surface area contributed by atoms with Crippen LogP contribution in [0.1, 0.15) is 78.9 Å². The van der Waals surface area contributed by atoms with Gasteiger partial charge in [-0.15, -0.1) is 11.3 Å². The van der Waals surface area contributed by atoms with Gasteiger partial charge in [0.25, 0.3) is 5.91 Å². The number of carbonyl (C=O) groups excluding carboxylic acids is 3. The van der Waals surface area contributed by atoms with E-state index in [0.29, 0.717) is 10.8 Å². The van der Waals surface area contributed by atoms with Crippen LogP contribution in [0, 0.1) is 5.92 Å². The van der Waals surface area contributed by atoms with Gasteiger partial charge in [0.15, 0.2) is 6.10 Å². The standard InChI is InChI=1S/C21H30N2O4S/c1-3-14-9-10-17-15(11-14)12-18(28-17)20(25)27-13(2)19(24)23-21(26)22-16-7-5-4-6-8-16/h12-14,16H,3-11H2,1-2H3,(H2,22,23,24,26)/t13-,14+/m1/s1. The third-order valence-corrected chi connectivity index (χ3v) is 7.01. The Bertz CT molecular complexity index is 724. The van der Waals surface area contributed by atoms with Crippen LogP contribution in [0.3, 0.4) is 0 Å². The number of rotatable bonds is 5. The minimum atomic E-state index is -1.02. The van der Waals surface area contributed by atoms with E-state index in [9.17, 15) is 14.4 Å². The molecule has 0 unspecified atom stereocenters. The number of urea groups is 1. The Morgan fingerprint density at radius 1 is 1.21 bits per heavy atom. The molecule has 2 N–H and O–H groups in total. The quantitative estimate of drug-likeness (QED) is 0.725. The molecule has 3 rings (SSSR count). The first-order valence-electron chi connectivity index (χ1n) is 10.4. The van der Waals surface area contributed by atoms with Crippen LogP contribution in [0.5, 0.6) is 0 Å². The molecule has 3 amide bonds. The molecular weight excluding hydrogens is 376 g/mol. The SMILES string of the molecule is CC[C@H]1CCc2sc(C(=O)O[C@H](C)C(=O)NC(=O)NC3CCCCC3)cc2C1. The van der Waals surface area contributed by atoms with Gasteiger partial charge in [0.1, 0.15) is 4.88 Å². The normalized spacial score (nSPS) is 20.7. The van der Waals surface area contributed by atoms with Crippen LogP contribution in [-0.4, -0.2) is 30.1 Å². The number of ether oxygens (including phenoxy) is 1. The molecule has 7 heteroatoms. The number of thiophene rings is 1. The highest BCUT2D eigenvalue weighted by molar-refractivity contribution is 7.14. The number of hydrogen-bond donors (Lipinski definition) is 2. The number of aryl methyl sites for hydroxylation is 1. The Morgan fingerprint density at radius 2 is 1.96 bits per heavy atom. The molecule has 28 heavy (non-hydrogen) atoms. The molecule has 0 bridgehead atoms. The molecule has 6 nitrogen and oxygen atoms in total. The van der Waals surface area contributed by atoms with Crippen molar-refractivity contribution in [3.8, 4) is 0 Å². The highest BCUT2D eigenvalue weighted by Gasteiger charge is 2.26. The average molecular weight is 407 g/mol. The zero-order valence-corrected chi connectivity index (χ0v) is 17.5. The lowest BCUT2D eigenvalue weighted by Crippen LogP contribution is -2.48. The van der Waals surface area contributed by atoms with Crippen LogP contribution < -0.4 is 10.6 Å². The summed E-state index contributed by atoms with van der Waals surface area (Å²) in [5, 5.41) is 5.11. The van der Waals surface area contributed by atoms with Crippen molar-refractivity contribution in [3.63, 3.8) is 0 Å². The number of esters is 1. The second-order valence-corrected chi connectivity index (χ2v) is 9.06. The van der Waals surface area contributed by atoms with E-state index in [1.54, 1.807) is 0 Å². The fourth-order valence-corrected chi connectivity index (χ4v) is 5.09. The summed E-state index contributed by atoms with van der Waals surface area (Å²) in [4.78, 5) is 38.4.